The number of benzene rings is 1. The number of rotatable bonds is 3. The van der Waals surface area contributed by atoms with Gasteiger partial charge in [0.1, 0.15) is 12.4 Å². The molecule has 1 aromatic carbocycles. The molecular formula is C12H14N4O2. The number of nitrogens with two attached hydrogens (primary N) is 1. The van der Waals surface area contributed by atoms with Crippen molar-refractivity contribution in [3.05, 3.63) is 24.5 Å². The van der Waals surface area contributed by atoms with E-state index in [-0.39, 0.29) is 0 Å². The number of methoxy groups -OCH3 is 1. The molecule has 1 saturated heterocycles. The molecule has 1 aromatic heterocycles. The van der Waals surface area contributed by atoms with Gasteiger partial charge in [0.25, 0.3) is 0 Å². The number of para-hydroxylation sites is 1. The lowest BCUT2D eigenvalue weighted by atomic mass is 10.1. The third kappa shape index (κ3) is 1.70. The number of ether oxygens (including phenoxy) is 2. The lowest BCUT2D eigenvalue weighted by molar-refractivity contribution is -0.0287. The minimum atomic E-state index is 0.290. The molecule has 2 N–H and O–H groups in total. The second kappa shape index (κ2) is 4.30. The lowest BCUT2D eigenvalue weighted by Crippen LogP contribution is -2.30. The summed E-state index contributed by atoms with van der Waals surface area (Å²) in [5, 5.41) is 4.44. The lowest BCUT2D eigenvalue weighted by Gasteiger charge is -2.25. The van der Waals surface area contributed by atoms with Crippen LogP contribution < -0.4 is 10.5 Å². The largest absolute Gasteiger partial charge is 0.494 e. The van der Waals surface area contributed by atoms with Gasteiger partial charge in [0, 0.05) is 0 Å². The highest BCUT2D eigenvalue weighted by molar-refractivity contribution is 5.72. The predicted molar refractivity (Wildman–Crippen MR) is 66.3 cm³/mol. The molecule has 1 aliphatic rings. The number of hydrogen-bond donors (Lipinski definition) is 1. The molecule has 6 nitrogen and oxygen atoms in total. The van der Waals surface area contributed by atoms with E-state index in [1.807, 2.05) is 16.8 Å². The zero-order chi connectivity index (χ0) is 12.5. The topological polar surface area (TPSA) is 75.2 Å². The van der Waals surface area contributed by atoms with Crippen molar-refractivity contribution >= 4 is 5.69 Å². The van der Waals surface area contributed by atoms with Crippen LogP contribution in [0.3, 0.4) is 0 Å². The highest BCUT2D eigenvalue weighted by Gasteiger charge is 2.22. The van der Waals surface area contributed by atoms with Crippen molar-refractivity contribution < 1.29 is 9.47 Å². The first-order valence-corrected chi connectivity index (χ1v) is 5.71. The Morgan fingerprint density at radius 1 is 1.44 bits per heavy atom. The molecule has 1 fully saturated rings. The Kier molecular flexibility index (Phi) is 2.64. The second-order valence-corrected chi connectivity index (χ2v) is 4.17. The molecule has 0 unspecified atom stereocenters. The summed E-state index contributed by atoms with van der Waals surface area (Å²) in [6, 6.07) is 5.84. The van der Waals surface area contributed by atoms with Crippen molar-refractivity contribution in [2.24, 2.45) is 0 Å². The Bertz CT molecular complexity index is 563. The summed E-state index contributed by atoms with van der Waals surface area (Å²) < 4.78 is 12.3. The minimum absolute atomic E-state index is 0.290. The van der Waals surface area contributed by atoms with Gasteiger partial charge in [0.05, 0.1) is 31.6 Å². The van der Waals surface area contributed by atoms with E-state index in [2.05, 4.69) is 10.1 Å². The molecule has 18 heavy (non-hydrogen) atoms. The molecule has 1 aliphatic heterocycles. The molecule has 94 valence electrons. The van der Waals surface area contributed by atoms with E-state index >= 15 is 0 Å². The van der Waals surface area contributed by atoms with Crippen LogP contribution in [0.1, 0.15) is 6.04 Å². The van der Waals surface area contributed by atoms with Crippen LogP contribution in [0.2, 0.25) is 0 Å². The number of hydrogen-bond acceptors (Lipinski definition) is 5. The van der Waals surface area contributed by atoms with Crippen LogP contribution in [0, 0.1) is 0 Å². The molecule has 0 aliphatic carbocycles. The van der Waals surface area contributed by atoms with Crippen LogP contribution in [-0.2, 0) is 4.74 Å². The summed E-state index contributed by atoms with van der Waals surface area (Å²) in [6.07, 6.45) is 1.71. The van der Waals surface area contributed by atoms with Crippen molar-refractivity contribution in [1.82, 2.24) is 14.8 Å². The van der Waals surface area contributed by atoms with Gasteiger partial charge in [-0.15, -0.1) is 0 Å². The number of nitrogen functional groups attached to an aromatic ring is 1. The standard InChI is InChI=1S/C12H14N4O2/c1-17-11-9(3-2-4-10(11)13)12-14-7-16(15-12)8-5-18-6-8/h2-4,7-8H,5-6,13H2,1H3. The fourth-order valence-electron chi connectivity index (χ4n) is 1.91. The van der Waals surface area contributed by atoms with Gasteiger partial charge >= 0.3 is 0 Å². The third-order valence-corrected chi connectivity index (χ3v) is 2.99. The van der Waals surface area contributed by atoms with Gasteiger partial charge in [-0.1, -0.05) is 6.07 Å². The van der Waals surface area contributed by atoms with Crippen molar-refractivity contribution in [2.75, 3.05) is 26.1 Å². The monoisotopic (exact) mass is 246 g/mol. The summed E-state index contributed by atoms with van der Waals surface area (Å²) in [7, 11) is 1.59. The van der Waals surface area contributed by atoms with Crippen molar-refractivity contribution in [3.63, 3.8) is 0 Å². The van der Waals surface area contributed by atoms with Gasteiger partial charge in [0.2, 0.25) is 0 Å². The van der Waals surface area contributed by atoms with Crippen LogP contribution in [0.15, 0.2) is 24.5 Å². The Morgan fingerprint density at radius 2 is 2.28 bits per heavy atom. The Labute approximate surface area is 104 Å². The number of anilines is 1. The predicted octanol–water partition coefficient (Wildman–Crippen LogP) is 1.11. The minimum Gasteiger partial charge on any atom is -0.494 e. The van der Waals surface area contributed by atoms with Gasteiger partial charge in [-0.3, -0.25) is 0 Å². The van der Waals surface area contributed by atoms with E-state index in [0.717, 1.165) is 5.56 Å². The average molecular weight is 246 g/mol. The van der Waals surface area contributed by atoms with E-state index < -0.39 is 0 Å². The van der Waals surface area contributed by atoms with E-state index in [0.29, 0.717) is 36.5 Å². The molecule has 2 aromatic rings. The summed E-state index contributed by atoms with van der Waals surface area (Å²) >= 11 is 0. The summed E-state index contributed by atoms with van der Waals surface area (Å²) in [5.74, 6) is 1.23. The van der Waals surface area contributed by atoms with Crippen molar-refractivity contribution in [1.29, 1.82) is 0 Å². The third-order valence-electron chi connectivity index (χ3n) is 2.99. The van der Waals surface area contributed by atoms with Gasteiger partial charge < -0.3 is 15.2 Å². The van der Waals surface area contributed by atoms with Gasteiger partial charge in [-0.25, -0.2) is 9.67 Å². The van der Waals surface area contributed by atoms with Crippen LogP contribution >= 0.6 is 0 Å². The van der Waals surface area contributed by atoms with E-state index in [1.165, 1.54) is 0 Å². The first-order valence-electron chi connectivity index (χ1n) is 5.71. The van der Waals surface area contributed by atoms with Crippen molar-refractivity contribution in [2.45, 2.75) is 6.04 Å². The highest BCUT2D eigenvalue weighted by atomic mass is 16.5. The fourth-order valence-corrected chi connectivity index (χ4v) is 1.91. The normalized spacial score (nSPS) is 15.4. The molecule has 0 atom stereocenters. The van der Waals surface area contributed by atoms with Crippen LogP contribution in [0.4, 0.5) is 5.69 Å². The van der Waals surface area contributed by atoms with Crippen LogP contribution in [0.5, 0.6) is 5.75 Å². The Balaban J connectivity index is 1.98. The van der Waals surface area contributed by atoms with Crippen LogP contribution in [-0.4, -0.2) is 35.1 Å². The Morgan fingerprint density at radius 3 is 2.94 bits per heavy atom. The highest BCUT2D eigenvalue weighted by Crippen LogP contribution is 2.32. The maximum atomic E-state index is 5.87. The molecule has 0 radical (unpaired) electrons. The maximum absolute atomic E-state index is 5.87. The van der Waals surface area contributed by atoms with Gasteiger partial charge in [0.15, 0.2) is 11.6 Å². The molecule has 0 amide bonds. The van der Waals surface area contributed by atoms with Crippen molar-refractivity contribution in [3.8, 4) is 17.1 Å². The maximum Gasteiger partial charge on any atom is 0.184 e. The Hall–Kier alpha value is -2.08. The molecule has 2 heterocycles. The first-order chi connectivity index (χ1) is 8.79. The van der Waals surface area contributed by atoms with E-state index in [9.17, 15) is 0 Å². The molecule has 6 heteroatoms. The summed E-state index contributed by atoms with van der Waals surface area (Å²) in [5.41, 5.74) is 7.25. The smallest absolute Gasteiger partial charge is 0.184 e. The first kappa shape index (κ1) is 11.0. The zero-order valence-corrected chi connectivity index (χ0v) is 10.0. The summed E-state index contributed by atoms with van der Waals surface area (Å²) in [4.78, 5) is 4.30. The SMILES string of the molecule is COc1c(N)cccc1-c1ncn(C2COC2)n1. The summed E-state index contributed by atoms with van der Waals surface area (Å²) in [6.45, 7) is 1.38. The zero-order valence-electron chi connectivity index (χ0n) is 10.0. The molecule has 3 rings (SSSR count). The molecule has 0 bridgehead atoms. The van der Waals surface area contributed by atoms with Gasteiger partial charge in [-0.05, 0) is 12.1 Å². The van der Waals surface area contributed by atoms with E-state index in [1.54, 1.807) is 19.5 Å². The molecule has 0 spiro atoms. The average Bonchev–Trinajstić information content (AvgIpc) is 2.75. The second-order valence-electron chi connectivity index (χ2n) is 4.17. The number of nitrogens with zero attached hydrogens (tertiary/aromatic N) is 3. The quantitative estimate of drug-likeness (QED) is 0.821. The van der Waals surface area contributed by atoms with Gasteiger partial charge in [-0.2, -0.15) is 5.10 Å². The molecular weight excluding hydrogens is 232 g/mol. The molecule has 0 saturated carbocycles. The van der Waals surface area contributed by atoms with Crippen LogP contribution in [0.25, 0.3) is 11.4 Å². The number of aromatic nitrogens is 3. The fraction of sp³-hybridized carbons (Fsp3) is 0.333. The van der Waals surface area contributed by atoms with E-state index in [4.69, 9.17) is 15.2 Å².